The van der Waals surface area contributed by atoms with Crippen molar-refractivity contribution >= 4 is 43.1 Å². The van der Waals surface area contributed by atoms with E-state index in [9.17, 15) is 26.7 Å². The third-order valence-electron chi connectivity index (χ3n) is 7.32. The van der Waals surface area contributed by atoms with Gasteiger partial charge >= 0.3 is 6.09 Å². The van der Waals surface area contributed by atoms with Gasteiger partial charge in [0.2, 0.25) is 16.0 Å². The zero-order valence-corrected chi connectivity index (χ0v) is 26.3. The minimum Gasteiger partial charge on any atom is -0.441 e. The highest BCUT2D eigenvalue weighted by molar-refractivity contribution is 7.92. The molecule has 1 aliphatic carbocycles. The van der Waals surface area contributed by atoms with Crippen LogP contribution in [0.4, 0.5) is 10.7 Å². The fourth-order valence-electron chi connectivity index (χ4n) is 5.15. The lowest BCUT2D eigenvalue weighted by Crippen LogP contribution is -2.52. The lowest BCUT2D eigenvalue weighted by Gasteiger charge is -2.31. The van der Waals surface area contributed by atoms with Crippen molar-refractivity contribution in [2.24, 2.45) is 0 Å². The molecular weight excluding hydrogens is 630 g/mol. The van der Waals surface area contributed by atoms with E-state index in [1.807, 2.05) is 30.3 Å². The average Bonchev–Trinajstić information content (AvgIpc) is 3.65. The zero-order valence-electron chi connectivity index (χ0n) is 24.6. The summed E-state index contributed by atoms with van der Waals surface area (Å²) in [5, 5.41) is 14.2. The van der Waals surface area contributed by atoms with Crippen molar-refractivity contribution in [3.05, 3.63) is 54.1 Å². The molecule has 0 bridgehead atoms. The molecule has 1 saturated carbocycles. The number of sulfonamides is 2. The molecule has 1 aromatic heterocycles. The van der Waals surface area contributed by atoms with Crippen LogP contribution in [0.1, 0.15) is 31.2 Å². The molecule has 15 nitrogen and oxygen atoms in total. The largest absolute Gasteiger partial charge is 0.441 e. The number of aromatic nitrogens is 2. The van der Waals surface area contributed by atoms with E-state index in [1.165, 1.54) is 18.2 Å². The summed E-state index contributed by atoms with van der Waals surface area (Å²) in [7, 11) is -7.99. The average molecular weight is 668 g/mol. The number of nitrogens with zero attached hydrogens (tertiary/aromatic N) is 2. The molecule has 0 spiro atoms. The van der Waals surface area contributed by atoms with Crippen LogP contribution in [0.2, 0.25) is 0 Å². The van der Waals surface area contributed by atoms with Crippen molar-refractivity contribution in [2.75, 3.05) is 37.5 Å². The van der Waals surface area contributed by atoms with E-state index in [0.717, 1.165) is 29.1 Å². The van der Waals surface area contributed by atoms with Gasteiger partial charge < -0.3 is 29.6 Å². The first kappa shape index (κ1) is 33.1. The summed E-state index contributed by atoms with van der Waals surface area (Å²) in [5.41, 5.74) is 1.40. The number of carbonyl (C=O) groups excluding carboxylic acids is 1. The second-order valence-corrected chi connectivity index (χ2v) is 14.6. The maximum Gasteiger partial charge on any atom is 0.407 e. The Morgan fingerprint density at radius 2 is 1.80 bits per heavy atom. The molecule has 1 saturated heterocycles. The highest BCUT2D eigenvalue weighted by Gasteiger charge is 2.35. The van der Waals surface area contributed by atoms with Gasteiger partial charge in [0, 0.05) is 0 Å². The predicted octanol–water partition coefficient (Wildman–Crippen LogP) is 1.87. The van der Waals surface area contributed by atoms with Gasteiger partial charge in [0.15, 0.2) is 6.10 Å². The van der Waals surface area contributed by atoms with Crippen molar-refractivity contribution in [1.82, 2.24) is 19.8 Å². The van der Waals surface area contributed by atoms with Crippen LogP contribution in [0.15, 0.2) is 53.4 Å². The van der Waals surface area contributed by atoms with Gasteiger partial charge in [-0.05, 0) is 43.0 Å². The maximum atomic E-state index is 14.0. The third kappa shape index (κ3) is 9.12. The SMILES string of the molecule is CS(=O)(=O)Nc1nc2ccc(S(=O)(=O)N(CC(O)C(Cc3ccccc3)NC(=O)OC3COCOC3)OC3CCCC3)cc2[nH]1. The number of amides is 1. The summed E-state index contributed by atoms with van der Waals surface area (Å²) in [4.78, 5) is 25.6. The second kappa shape index (κ2) is 14.4. The number of nitrogens with one attached hydrogen (secondary N) is 3. The minimum atomic E-state index is -4.37. The number of benzene rings is 2. The lowest BCUT2D eigenvalue weighted by molar-refractivity contribution is -0.153. The number of carbonyl (C=O) groups is 1. The Hall–Kier alpha value is -3.32. The standard InChI is InChI=1S/C28H37N5O10S2/c1-44(36,37)32-27-29-23-12-11-22(14-24(23)30-27)45(38,39)33(43-20-9-5-6-10-20)15-26(34)25(13-19-7-3-2-4-8-19)31-28(35)42-21-16-40-18-41-17-21/h2-4,7-8,11-12,14,20-21,25-26,34H,5-6,9-10,13,15-18H2,1H3,(H,31,35)(H2,29,30,32). The van der Waals surface area contributed by atoms with Crippen LogP contribution in [0.5, 0.6) is 0 Å². The molecule has 2 unspecified atom stereocenters. The lowest BCUT2D eigenvalue weighted by atomic mass is 10.0. The number of imidazole rings is 1. The first-order valence-corrected chi connectivity index (χ1v) is 17.8. The first-order chi connectivity index (χ1) is 21.5. The van der Waals surface area contributed by atoms with Gasteiger partial charge in [0.05, 0.1) is 60.2 Å². The van der Waals surface area contributed by atoms with Gasteiger partial charge in [-0.25, -0.2) is 26.6 Å². The van der Waals surface area contributed by atoms with E-state index in [4.69, 9.17) is 19.0 Å². The highest BCUT2D eigenvalue weighted by Crippen LogP contribution is 2.28. The summed E-state index contributed by atoms with van der Waals surface area (Å²) in [6, 6.07) is 12.2. The van der Waals surface area contributed by atoms with Crippen LogP contribution < -0.4 is 10.0 Å². The predicted molar refractivity (Wildman–Crippen MR) is 162 cm³/mol. The fourth-order valence-corrected chi connectivity index (χ4v) is 6.92. The Morgan fingerprint density at radius 1 is 1.09 bits per heavy atom. The van der Waals surface area contributed by atoms with Crippen LogP contribution in [0, 0.1) is 0 Å². The number of ether oxygens (including phenoxy) is 3. The van der Waals surface area contributed by atoms with Crippen LogP contribution in [-0.2, 0) is 45.5 Å². The summed E-state index contributed by atoms with van der Waals surface area (Å²) in [6.07, 6.45) is 0.910. The number of hydrogen-bond acceptors (Lipinski definition) is 11. The van der Waals surface area contributed by atoms with Crippen molar-refractivity contribution in [3.63, 3.8) is 0 Å². The first-order valence-electron chi connectivity index (χ1n) is 14.5. The van der Waals surface area contributed by atoms with Gasteiger partial charge in [0.1, 0.15) is 6.79 Å². The van der Waals surface area contributed by atoms with Gasteiger partial charge in [-0.2, -0.15) is 0 Å². The van der Waals surface area contributed by atoms with Gasteiger partial charge in [-0.15, -0.1) is 0 Å². The van der Waals surface area contributed by atoms with Crippen molar-refractivity contribution in [2.45, 2.75) is 61.4 Å². The van der Waals surface area contributed by atoms with E-state index in [-0.39, 0.29) is 48.9 Å². The van der Waals surface area contributed by atoms with Crippen molar-refractivity contribution in [3.8, 4) is 0 Å². The van der Waals surface area contributed by atoms with E-state index in [0.29, 0.717) is 18.4 Å². The summed E-state index contributed by atoms with van der Waals surface area (Å²) in [6.45, 7) is -0.0809. The Labute approximate surface area is 261 Å². The van der Waals surface area contributed by atoms with Gasteiger partial charge in [0.25, 0.3) is 10.0 Å². The maximum absolute atomic E-state index is 14.0. The second-order valence-electron chi connectivity index (χ2n) is 11.0. The van der Waals surface area contributed by atoms with E-state index < -0.39 is 50.9 Å². The molecule has 2 aromatic carbocycles. The minimum absolute atomic E-state index is 0.0652. The number of fused-ring (bicyclic) bond motifs is 1. The third-order valence-corrected chi connectivity index (χ3v) is 9.51. The molecule has 4 N–H and O–H groups in total. The molecule has 2 aliphatic rings. The molecule has 246 valence electrons. The Kier molecular flexibility index (Phi) is 10.6. The van der Waals surface area contributed by atoms with Crippen LogP contribution in [0.3, 0.4) is 0 Å². The van der Waals surface area contributed by atoms with Crippen molar-refractivity contribution in [1.29, 1.82) is 0 Å². The molecule has 45 heavy (non-hydrogen) atoms. The van der Waals surface area contributed by atoms with Crippen molar-refractivity contribution < 1.29 is 45.8 Å². The molecule has 17 heteroatoms. The fraction of sp³-hybridized carbons (Fsp3) is 0.500. The Bertz CT molecular complexity index is 1660. The molecule has 3 aromatic rings. The topological polar surface area (TPSA) is 198 Å². The Balaban J connectivity index is 1.39. The summed E-state index contributed by atoms with van der Waals surface area (Å²) >= 11 is 0. The van der Waals surface area contributed by atoms with Crippen LogP contribution in [-0.4, -0.2) is 99.6 Å². The zero-order chi connectivity index (χ0) is 32.0. The number of aliphatic hydroxyl groups excluding tert-OH is 1. The molecule has 5 rings (SSSR count). The molecule has 1 amide bonds. The molecule has 2 atom stereocenters. The Morgan fingerprint density at radius 3 is 2.49 bits per heavy atom. The van der Waals surface area contributed by atoms with Gasteiger partial charge in [-0.1, -0.05) is 47.6 Å². The number of aliphatic hydroxyl groups is 1. The number of H-pyrrole nitrogens is 1. The monoisotopic (exact) mass is 667 g/mol. The number of alkyl carbamates (subject to hydrolysis) is 1. The molecule has 1 aliphatic heterocycles. The molecule has 0 radical (unpaired) electrons. The molecular formula is C28H37N5O10S2. The van der Waals surface area contributed by atoms with Crippen LogP contribution in [0.25, 0.3) is 11.0 Å². The smallest absolute Gasteiger partial charge is 0.407 e. The molecule has 2 heterocycles. The van der Waals surface area contributed by atoms with E-state index in [2.05, 4.69) is 20.0 Å². The van der Waals surface area contributed by atoms with Crippen LogP contribution >= 0.6 is 0 Å². The quantitative estimate of drug-likeness (QED) is 0.194. The normalized spacial score (nSPS) is 18.2. The summed E-state index contributed by atoms with van der Waals surface area (Å²) < 4.78 is 70.0. The highest BCUT2D eigenvalue weighted by atomic mass is 32.2. The van der Waals surface area contributed by atoms with Gasteiger partial charge in [-0.3, -0.25) is 9.56 Å². The number of aromatic amines is 1. The number of hydrogen-bond donors (Lipinski definition) is 4. The summed E-state index contributed by atoms with van der Waals surface area (Å²) in [5.74, 6) is -0.0652. The molecule has 2 fully saturated rings. The van der Waals surface area contributed by atoms with E-state index >= 15 is 0 Å². The number of anilines is 1. The number of hydroxylamine groups is 1. The van der Waals surface area contributed by atoms with E-state index in [1.54, 1.807) is 0 Å². The number of rotatable bonds is 13.